The van der Waals surface area contributed by atoms with Crippen LogP contribution in [0.4, 0.5) is 0 Å². The fraction of sp³-hybridized carbons (Fsp3) is 0.312. The highest BCUT2D eigenvalue weighted by Crippen LogP contribution is 2.24. The van der Waals surface area contributed by atoms with Crippen molar-refractivity contribution in [1.82, 2.24) is 5.32 Å². The Morgan fingerprint density at radius 3 is 2.80 bits per heavy atom. The van der Waals surface area contributed by atoms with Crippen molar-refractivity contribution in [2.45, 2.75) is 19.4 Å². The largest absolute Gasteiger partial charge is 0.491 e. The maximum Gasteiger partial charge on any atom is 0.221 e. The molecule has 0 saturated carbocycles. The van der Waals surface area contributed by atoms with Gasteiger partial charge in [0.25, 0.3) is 0 Å². The summed E-state index contributed by atoms with van der Waals surface area (Å²) in [6, 6.07) is 13.9. The minimum Gasteiger partial charge on any atom is -0.491 e. The molecule has 0 fully saturated rings. The summed E-state index contributed by atoms with van der Waals surface area (Å²) in [6.07, 6.45) is 0.342. The van der Waals surface area contributed by atoms with E-state index in [1.165, 1.54) is 0 Å². The van der Waals surface area contributed by atoms with Gasteiger partial charge in [-0.25, -0.2) is 0 Å². The first-order chi connectivity index (χ1) is 9.66. The minimum absolute atomic E-state index is 0.0403. The number of nitrogens with one attached hydrogen (secondary N) is 1. The molecule has 3 N–H and O–H groups in total. The average Bonchev–Trinajstić information content (AvgIpc) is 2.43. The SMILES string of the molecule is CC(N)CC(=O)NCCOc1cccc2ccccc12. The fourth-order valence-electron chi connectivity index (χ4n) is 2.04. The van der Waals surface area contributed by atoms with E-state index in [0.29, 0.717) is 19.6 Å². The number of nitrogens with two attached hydrogens (primary N) is 1. The second-order valence-electron chi connectivity index (χ2n) is 4.86. The molecule has 0 heterocycles. The fourth-order valence-corrected chi connectivity index (χ4v) is 2.04. The Morgan fingerprint density at radius 1 is 1.25 bits per heavy atom. The molecule has 0 aromatic heterocycles. The molecule has 4 heteroatoms. The van der Waals surface area contributed by atoms with Gasteiger partial charge in [-0.1, -0.05) is 36.4 Å². The van der Waals surface area contributed by atoms with Crippen molar-refractivity contribution in [3.8, 4) is 5.75 Å². The van der Waals surface area contributed by atoms with E-state index in [1.54, 1.807) is 0 Å². The van der Waals surface area contributed by atoms with Crippen molar-refractivity contribution in [2.75, 3.05) is 13.2 Å². The van der Waals surface area contributed by atoms with Gasteiger partial charge in [0.1, 0.15) is 12.4 Å². The number of hydrogen-bond acceptors (Lipinski definition) is 3. The van der Waals surface area contributed by atoms with E-state index in [2.05, 4.69) is 5.32 Å². The van der Waals surface area contributed by atoms with Crippen LogP contribution in [-0.2, 0) is 4.79 Å². The molecule has 0 aliphatic carbocycles. The van der Waals surface area contributed by atoms with Gasteiger partial charge in [0.05, 0.1) is 6.54 Å². The third-order valence-corrected chi connectivity index (χ3v) is 2.94. The number of benzene rings is 2. The molecule has 2 aromatic carbocycles. The molecule has 0 saturated heterocycles. The van der Waals surface area contributed by atoms with Gasteiger partial charge in [0.2, 0.25) is 5.91 Å². The molecule has 2 rings (SSSR count). The van der Waals surface area contributed by atoms with Gasteiger partial charge < -0.3 is 15.8 Å². The second kappa shape index (κ2) is 6.91. The van der Waals surface area contributed by atoms with Crippen LogP contribution in [-0.4, -0.2) is 25.1 Å². The Morgan fingerprint density at radius 2 is 2.00 bits per heavy atom. The van der Waals surface area contributed by atoms with Gasteiger partial charge in [-0.3, -0.25) is 4.79 Å². The Balaban J connectivity index is 1.86. The van der Waals surface area contributed by atoms with Crippen molar-refractivity contribution < 1.29 is 9.53 Å². The van der Waals surface area contributed by atoms with E-state index in [-0.39, 0.29) is 11.9 Å². The van der Waals surface area contributed by atoms with Crippen molar-refractivity contribution in [2.24, 2.45) is 5.73 Å². The number of fused-ring (bicyclic) bond motifs is 1. The van der Waals surface area contributed by atoms with E-state index in [1.807, 2.05) is 49.4 Å². The van der Waals surface area contributed by atoms with Crippen molar-refractivity contribution in [1.29, 1.82) is 0 Å². The Hall–Kier alpha value is -2.07. The monoisotopic (exact) mass is 272 g/mol. The quantitative estimate of drug-likeness (QED) is 0.791. The summed E-state index contributed by atoms with van der Waals surface area (Å²) in [5.41, 5.74) is 5.56. The first kappa shape index (κ1) is 14.3. The molecule has 1 amide bonds. The number of hydrogen-bond donors (Lipinski definition) is 2. The number of ether oxygens (including phenoxy) is 1. The molecule has 0 aliphatic heterocycles. The molecule has 0 radical (unpaired) electrons. The summed E-state index contributed by atoms with van der Waals surface area (Å²) < 4.78 is 5.73. The van der Waals surface area contributed by atoms with E-state index >= 15 is 0 Å². The van der Waals surface area contributed by atoms with Crippen LogP contribution in [0.25, 0.3) is 10.8 Å². The van der Waals surface area contributed by atoms with Gasteiger partial charge in [0, 0.05) is 17.8 Å². The van der Waals surface area contributed by atoms with Crippen LogP contribution in [0.15, 0.2) is 42.5 Å². The second-order valence-corrected chi connectivity index (χ2v) is 4.86. The minimum atomic E-state index is -0.117. The highest BCUT2D eigenvalue weighted by molar-refractivity contribution is 5.88. The lowest BCUT2D eigenvalue weighted by Crippen LogP contribution is -2.32. The molecular formula is C16H20N2O2. The molecule has 1 atom stereocenters. The van der Waals surface area contributed by atoms with Crippen LogP contribution >= 0.6 is 0 Å². The summed E-state index contributed by atoms with van der Waals surface area (Å²) in [5.74, 6) is 0.797. The first-order valence-electron chi connectivity index (χ1n) is 6.79. The van der Waals surface area contributed by atoms with Crippen molar-refractivity contribution in [3.05, 3.63) is 42.5 Å². The van der Waals surface area contributed by atoms with Gasteiger partial charge in [-0.15, -0.1) is 0 Å². The Labute approximate surface area is 118 Å². The van der Waals surface area contributed by atoms with Crippen LogP contribution in [0.3, 0.4) is 0 Å². The molecule has 2 aromatic rings. The zero-order chi connectivity index (χ0) is 14.4. The average molecular weight is 272 g/mol. The molecule has 0 bridgehead atoms. The standard InChI is InChI=1S/C16H20N2O2/c1-12(17)11-16(19)18-9-10-20-15-8-4-6-13-5-2-3-7-14(13)15/h2-8,12H,9-11,17H2,1H3,(H,18,19). The lowest BCUT2D eigenvalue weighted by atomic mass is 10.1. The van der Waals surface area contributed by atoms with Crippen molar-refractivity contribution >= 4 is 16.7 Å². The number of carbonyl (C=O) groups excluding carboxylic acids is 1. The Bertz CT molecular complexity index is 576. The van der Waals surface area contributed by atoms with Crippen LogP contribution in [0.2, 0.25) is 0 Å². The van der Waals surface area contributed by atoms with Crippen LogP contribution in [0.5, 0.6) is 5.75 Å². The molecule has 1 unspecified atom stereocenters. The molecule has 20 heavy (non-hydrogen) atoms. The topological polar surface area (TPSA) is 64.4 Å². The van der Waals surface area contributed by atoms with Crippen LogP contribution in [0, 0.1) is 0 Å². The van der Waals surface area contributed by atoms with E-state index in [0.717, 1.165) is 16.5 Å². The predicted molar refractivity (Wildman–Crippen MR) is 80.7 cm³/mol. The molecule has 0 aliphatic rings. The van der Waals surface area contributed by atoms with Gasteiger partial charge in [0.15, 0.2) is 0 Å². The van der Waals surface area contributed by atoms with Crippen LogP contribution in [0.1, 0.15) is 13.3 Å². The Kier molecular flexibility index (Phi) is 4.96. The normalized spacial score (nSPS) is 12.1. The number of rotatable bonds is 6. The smallest absolute Gasteiger partial charge is 0.221 e. The van der Waals surface area contributed by atoms with E-state index in [4.69, 9.17) is 10.5 Å². The zero-order valence-electron chi connectivity index (χ0n) is 11.6. The summed E-state index contributed by atoms with van der Waals surface area (Å²) in [7, 11) is 0. The van der Waals surface area contributed by atoms with E-state index in [9.17, 15) is 4.79 Å². The molecule has 106 valence electrons. The maximum atomic E-state index is 11.4. The predicted octanol–water partition coefficient (Wildman–Crippen LogP) is 2.07. The summed E-state index contributed by atoms with van der Waals surface area (Å²) in [6.45, 7) is 2.74. The molecular weight excluding hydrogens is 252 g/mol. The summed E-state index contributed by atoms with van der Waals surface area (Å²) in [4.78, 5) is 11.4. The third-order valence-electron chi connectivity index (χ3n) is 2.94. The molecule has 0 spiro atoms. The van der Waals surface area contributed by atoms with Gasteiger partial charge in [-0.2, -0.15) is 0 Å². The van der Waals surface area contributed by atoms with E-state index < -0.39 is 0 Å². The first-order valence-corrected chi connectivity index (χ1v) is 6.79. The summed E-state index contributed by atoms with van der Waals surface area (Å²) >= 11 is 0. The van der Waals surface area contributed by atoms with Crippen molar-refractivity contribution in [3.63, 3.8) is 0 Å². The lowest BCUT2D eigenvalue weighted by Gasteiger charge is -2.10. The number of carbonyl (C=O) groups is 1. The van der Waals surface area contributed by atoms with Crippen LogP contribution < -0.4 is 15.8 Å². The molecule has 4 nitrogen and oxygen atoms in total. The number of amides is 1. The maximum absolute atomic E-state index is 11.4. The highest BCUT2D eigenvalue weighted by Gasteiger charge is 2.04. The summed E-state index contributed by atoms with van der Waals surface area (Å²) in [5, 5.41) is 5.01. The van der Waals surface area contributed by atoms with Gasteiger partial charge >= 0.3 is 0 Å². The van der Waals surface area contributed by atoms with Gasteiger partial charge in [-0.05, 0) is 18.4 Å². The zero-order valence-corrected chi connectivity index (χ0v) is 11.6. The third kappa shape index (κ3) is 3.96. The highest BCUT2D eigenvalue weighted by atomic mass is 16.5. The lowest BCUT2D eigenvalue weighted by molar-refractivity contribution is -0.121.